The van der Waals surface area contributed by atoms with Crippen molar-refractivity contribution in [2.75, 3.05) is 13.1 Å². The van der Waals surface area contributed by atoms with Gasteiger partial charge in [0.2, 0.25) is 0 Å². The molecule has 0 saturated carbocycles. The topological polar surface area (TPSA) is 55.3 Å². The molecular formula is C16H19N3O2S. The summed E-state index contributed by atoms with van der Waals surface area (Å²) in [5.41, 5.74) is 1.88. The molecule has 0 spiro atoms. The van der Waals surface area contributed by atoms with E-state index in [1.165, 1.54) is 11.5 Å². The van der Waals surface area contributed by atoms with Crippen LogP contribution in [0.25, 0.3) is 0 Å². The lowest BCUT2D eigenvalue weighted by atomic mass is 10.1. The molecule has 2 heterocycles. The lowest BCUT2D eigenvalue weighted by Gasteiger charge is -2.36. The molecule has 1 amide bonds. The molecule has 0 bridgehead atoms. The predicted molar refractivity (Wildman–Crippen MR) is 84.9 cm³/mol. The maximum absolute atomic E-state index is 12.8. The maximum atomic E-state index is 12.8. The normalized spacial score (nSPS) is 21.8. The summed E-state index contributed by atoms with van der Waals surface area (Å²) in [5.74, 6) is 0.0166. The van der Waals surface area contributed by atoms with E-state index in [1.807, 2.05) is 49.1 Å². The Morgan fingerprint density at radius 2 is 2.14 bits per heavy atom. The van der Waals surface area contributed by atoms with Crippen LogP contribution in [0.3, 0.4) is 0 Å². The number of aryl methyl sites for hydroxylation is 1. The number of carbonyl (C=O) groups is 1. The second-order valence-electron chi connectivity index (χ2n) is 5.46. The van der Waals surface area contributed by atoms with Crippen LogP contribution in [0.1, 0.15) is 40.9 Å². The van der Waals surface area contributed by atoms with Gasteiger partial charge in [0.05, 0.1) is 18.3 Å². The molecule has 1 aromatic heterocycles. The van der Waals surface area contributed by atoms with Gasteiger partial charge in [-0.05, 0) is 30.4 Å². The zero-order valence-electron chi connectivity index (χ0n) is 12.7. The summed E-state index contributed by atoms with van der Waals surface area (Å²) in [6, 6.07) is 10.0. The minimum absolute atomic E-state index is 0.00821. The number of aromatic nitrogens is 2. The predicted octanol–water partition coefficient (Wildman–Crippen LogP) is 2.70. The maximum Gasteiger partial charge on any atom is 0.267 e. The molecule has 5 nitrogen and oxygen atoms in total. The van der Waals surface area contributed by atoms with Gasteiger partial charge in [0, 0.05) is 6.54 Å². The molecule has 0 unspecified atom stereocenters. The van der Waals surface area contributed by atoms with E-state index in [-0.39, 0.29) is 18.1 Å². The van der Waals surface area contributed by atoms with Gasteiger partial charge in [0.1, 0.15) is 11.0 Å². The van der Waals surface area contributed by atoms with Crippen molar-refractivity contribution in [1.82, 2.24) is 14.5 Å². The summed E-state index contributed by atoms with van der Waals surface area (Å²) in [6.45, 7) is 5.15. The number of hydrogen-bond donors (Lipinski definition) is 0. The van der Waals surface area contributed by atoms with E-state index in [4.69, 9.17) is 4.74 Å². The summed E-state index contributed by atoms with van der Waals surface area (Å²) in [7, 11) is 0. The van der Waals surface area contributed by atoms with Crippen molar-refractivity contribution in [3.63, 3.8) is 0 Å². The van der Waals surface area contributed by atoms with Crippen molar-refractivity contribution in [3.8, 4) is 0 Å². The van der Waals surface area contributed by atoms with Crippen LogP contribution >= 0.6 is 11.5 Å². The average Bonchev–Trinajstić information content (AvgIpc) is 3.03. The largest absolute Gasteiger partial charge is 0.367 e. The Labute approximate surface area is 134 Å². The third kappa shape index (κ3) is 3.03. The van der Waals surface area contributed by atoms with Crippen LogP contribution < -0.4 is 0 Å². The highest BCUT2D eigenvalue weighted by Gasteiger charge is 2.31. The molecule has 0 N–H and O–H groups in total. The highest BCUT2D eigenvalue weighted by Crippen LogP contribution is 2.27. The van der Waals surface area contributed by atoms with Gasteiger partial charge in [0.25, 0.3) is 5.91 Å². The van der Waals surface area contributed by atoms with E-state index in [0.29, 0.717) is 18.0 Å². The zero-order valence-corrected chi connectivity index (χ0v) is 13.5. The fourth-order valence-electron chi connectivity index (χ4n) is 2.72. The third-order valence-corrected chi connectivity index (χ3v) is 4.56. The van der Waals surface area contributed by atoms with E-state index in [0.717, 1.165) is 17.7 Å². The molecule has 22 heavy (non-hydrogen) atoms. The smallest absolute Gasteiger partial charge is 0.267 e. The van der Waals surface area contributed by atoms with E-state index < -0.39 is 0 Å². The number of nitrogens with zero attached hydrogens (tertiary/aromatic N) is 3. The molecule has 0 radical (unpaired) electrons. The first-order valence-electron chi connectivity index (χ1n) is 7.50. The Morgan fingerprint density at radius 1 is 1.36 bits per heavy atom. The lowest BCUT2D eigenvalue weighted by molar-refractivity contribution is -0.0691. The van der Waals surface area contributed by atoms with Crippen LogP contribution in [-0.2, 0) is 11.2 Å². The number of benzene rings is 1. The van der Waals surface area contributed by atoms with E-state index >= 15 is 0 Å². The van der Waals surface area contributed by atoms with Gasteiger partial charge < -0.3 is 9.64 Å². The highest BCUT2D eigenvalue weighted by molar-refractivity contribution is 7.08. The molecule has 6 heteroatoms. The number of amides is 1. The van der Waals surface area contributed by atoms with E-state index in [2.05, 4.69) is 9.59 Å². The summed E-state index contributed by atoms with van der Waals surface area (Å²) in [5, 5.41) is 4.04. The van der Waals surface area contributed by atoms with Crippen molar-refractivity contribution in [2.24, 2.45) is 0 Å². The minimum Gasteiger partial charge on any atom is -0.367 e. The molecule has 2 atom stereocenters. The number of ether oxygens (including phenoxy) is 1. The van der Waals surface area contributed by atoms with Crippen molar-refractivity contribution < 1.29 is 9.53 Å². The van der Waals surface area contributed by atoms with Gasteiger partial charge in [-0.2, -0.15) is 0 Å². The van der Waals surface area contributed by atoms with E-state index in [1.54, 1.807) is 0 Å². The molecule has 1 saturated heterocycles. The van der Waals surface area contributed by atoms with Crippen LogP contribution in [-0.4, -0.2) is 39.6 Å². The minimum atomic E-state index is -0.0835. The molecule has 1 fully saturated rings. The summed E-state index contributed by atoms with van der Waals surface area (Å²) in [4.78, 5) is 15.3. The molecule has 1 aromatic carbocycles. The lowest BCUT2D eigenvalue weighted by Crippen LogP contribution is -2.46. The highest BCUT2D eigenvalue weighted by atomic mass is 32.1. The Hall–Kier alpha value is -1.79. The molecule has 3 rings (SSSR count). The SMILES string of the molecule is CCc1nnsc1C(=O)N1C[C@@H](c2ccccc2)O[C@@H](C)C1. The summed E-state index contributed by atoms with van der Waals surface area (Å²) >= 11 is 1.18. The number of carbonyl (C=O) groups excluding carboxylic acids is 1. The fourth-order valence-corrected chi connectivity index (χ4v) is 3.43. The van der Waals surface area contributed by atoms with Crippen LogP contribution in [0.2, 0.25) is 0 Å². The Morgan fingerprint density at radius 3 is 2.86 bits per heavy atom. The Bertz CT molecular complexity index is 644. The van der Waals surface area contributed by atoms with Gasteiger partial charge >= 0.3 is 0 Å². The van der Waals surface area contributed by atoms with Crippen LogP contribution in [0.4, 0.5) is 0 Å². The second kappa shape index (κ2) is 6.54. The van der Waals surface area contributed by atoms with Gasteiger partial charge in [0.15, 0.2) is 0 Å². The third-order valence-electron chi connectivity index (χ3n) is 3.80. The van der Waals surface area contributed by atoms with Crippen LogP contribution in [0.5, 0.6) is 0 Å². The van der Waals surface area contributed by atoms with Crippen LogP contribution in [0, 0.1) is 0 Å². The van der Waals surface area contributed by atoms with Crippen molar-refractivity contribution in [1.29, 1.82) is 0 Å². The van der Waals surface area contributed by atoms with Crippen molar-refractivity contribution in [2.45, 2.75) is 32.5 Å². The molecule has 1 aliphatic heterocycles. The van der Waals surface area contributed by atoms with Crippen molar-refractivity contribution in [3.05, 3.63) is 46.5 Å². The Balaban J connectivity index is 1.80. The average molecular weight is 317 g/mol. The number of morpholine rings is 1. The standard InChI is InChI=1S/C16H19N3O2S/c1-3-13-15(22-18-17-13)16(20)19-9-11(2)21-14(10-19)12-7-5-4-6-8-12/h4-8,11,14H,3,9-10H2,1-2H3/t11-,14-/m0/s1. The van der Waals surface area contributed by atoms with E-state index in [9.17, 15) is 4.79 Å². The first kappa shape index (κ1) is 15.1. The molecular weight excluding hydrogens is 298 g/mol. The zero-order chi connectivity index (χ0) is 15.5. The number of rotatable bonds is 3. The quantitative estimate of drug-likeness (QED) is 0.873. The molecule has 1 aliphatic rings. The first-order valence-corrected chi connectivity index (χ1v) is 8.27. The van der Waals surface area contributed by atoms with Gasteiger partial charge in [-0.25, -0.2) is 0 Å². The number of hydrogen-bond acceptors (Lipinski definition) is 5. The Kier molecular flexibility index (Phi) is 4.49. The monoisotopic (exact) mass is 317 g/mol. The van der Waals surface area contributed by atoms with Gasteiger partial charge in [-0.15, -0.1) is 5.10 Å². The van der Waals surface area contributed by atoms with Crippen molar-refractivity contribution >= 4 is 17.4 Å². The van der Waals surface area contributed by atoms with Gasteiger partial charge in [-0.3, -0.25) is 4.79 Å². The summed E-state index contributed by atoms with van der Waals surface area (Å²) < 4.78 is 9.92. The molecule has 0 aliphatic carbocycles. The first-order chi connectivity index (χ1) is 10.7. The molecule has 116 valence electrons. The summed E-state index contributed by atoms with van der Waals surface area (Å²) in [6.07, 6.45) is 0.647. The molecule has 2 aromatic rings. The second-order valence-corrected chi connectivity index (χ2v) is 6.21. The van der Waals surface area contributed by atoms with Gasteiger partial charge in [-0.1, -0.05) is 41.7 Å². The fraction of sp³-hybridized carbons (Fsp3) is 0.438. The van der Waals surface area contributed by atoms with Crippen LogP contribution in [0.15, 0.2) is 30.3 Å².